The molecule has 3 aromatic rings. The smallest absolute Gasteiger partial charge is 0.351 e. The van der Waals surface area contributed by atoms with Crippen LogP contribution < -0.4 is 10.0 Å². The van der Waals surface area contributed by atoms with Crippen molar-refractivity contribution in [3.8, 4) is 11.3 Å². The van der Waals surface area contributed by atoms with Crippen molar-refractivity contribution in [2.24, 2.45) is 0 Å². The first-order valence-corrected chi connectivity index (χ1v) is 13.2. The molecule has 3 rings (SSSR count). The lowest BCUT2D eigenvalue weighted by atomic mass is 9.96. The van der Waals surface area contributed by atoms with Crippen molar-refractivity contribution < 1.29 is 30.8 Å². The van der Waals surface area contributed by atoms with Crippen LogP contribution in [0.5, 0.6) is 0 Å². The Morgan fingerprint density at radius 3 is 2.32 bits per heavy atom. The van der Waals surface area contributed by atoms with Gasteiger partial charge in [-0.3, -0.25) is 4.79 Å². The van der Waals surface area contributed by atoms with E-state index in [2.05, 4.69) is 15.0 Å². The van der Waals surface area contributed by atoms with E-state index in [0.29, 0.717) is 16.7 Å². The molecule has 1 unspecified atom stereocenters. The van der Waals surface area contributed by atoms with Gasteiger partial charge in [0.05, 0.1) is 17.9 Å². The summed E-state index contributed by atoms with van der Waals surface area (Å²) in [4.78, 5) is 16.7. The summed E-state index contributed by atoms with van der Waals surface area (Å²) in [6, 6.07) is 11.5. The number of pyridine rings is 1. The number of alkyl halides is 3. The van der Waals surface area contributed by atoms with Crippen LogP contribution in [0.3, 0.4) is 0 Å². The number of nitrogens with zero attached hydrogens (tertiary/aromatic N) is 1. The first-order valence-electron chi connectivity index (χ1n) is 11.3. The van der Waals surface area contributed by atoms with Gasteiger partial charge in [0.2, 0.25) is 15.9 Å². The number of amides is 1. The number of aryl methyl sites for hydroxylation is 1. The number of hydrogen-bond donors (Lipinski definition) is 2. The Kier molecular flexibility index (Phi) is 8.38. The van der Waals surface area contributed by atoms with Crippen LogP contribution in [0.2, 0.25) is 0 Å². The van der Waals surface area contributed by atoms with Crippen molar-refractivity contribution in [2.75, 3.05) is 6.26 Å². The van der Waals surface area contributed by atoms with E-state index in [1.807, 2.05) is 13.0 Å². The fourth-order valence-corrected chi connectivity index (χ4v) is 4.12. The van der Waals surface area contributed by atoms with Crippen molar-refractivity contribution in [3.63, 3.8) is 0 Å². The number of halogens is 4. The molecule has 0 aliphatic heterocycles. The molecule has 6 nitrogen and oxygen atoms in total. The molecule has 0 aliphatic carbocycles. The maximum absolute atomic E-state index is 14.5. The quantitative estimate of drug-likeness (QED) is 0.396. The van der Waals surface area contributed by atoms with E-state index >= 15 is 0 Å². The summed E-state index contributed by atoms with van der Waals surface area (Å²) in [6.45, 7) is 4.89. The van der Waals surface area contributed by atoms with Gasteiger partial charge < -0.3 is 5.32 Å². The van der Waals surface area contributed by atoms with E-state index in [4.69, 9.17) is 0 Å². The van der Waals surface area contributed by atoms with Gasteiger partial charge in [0.25, 0.3) is 0 Å². The van der Waals surface area contributed by atoms with E-state index in [0.717, 1.165) is 29.5 Å². The first-order chi connectivity index (χ1) is 17.2. The zero-order chi connectivity index (χ0) is 27.5. The van der Waals surface area contributed by atoms with E-state index in [1.165, 1.54) is 18.2 Å². The summed E-state index contributed by atoms with van der Waals surface area (Å²) in [7, 11) is -3.50. The van der Waals surface area contributed by atoms with Gasteiger partial charge >= 0.3 is 6.18 Å². The average molecular weight is 538 g/mol. The zero-order valence-electron chi connectivity index (χ0n) is 20.7. The maximum atomic E-state index is 14.5. The normalized spacial score (nSPS) is 12.9. The second kappa shape index (κ2) is 11.0. The first kappa shape index (κ1) is 28.3. The fraction of sp³-hybridized carbons (Fsp3) is 0.308. The minimum Gasteiger partial charge on any atom is -0.351 e. The highest BCUT2D eigenvalue weighted by molar-refractivity contribution is 7.88. The third-order valence-corrected chi connectivity index (χ3v) is 6.75. The second-order valence-electron chi connectivity index (χ2n) is 8.83. The van der Waals surface area contributed by atoms with Crippen LogP contribution in [0.25, 0.3) is 11.3 Å². The number of benzene rings is 2. The SMILES string of the molecule is Cc1cccc(-c2nc(C(F)(F)F)ccc2CNC(=O)C(C)c2ccc(CNS(C)(=O)=O)c(F)c2)c1C. The number of carbonyl (C=O) groups is 1. The largest absolute Gasteiger partial charge is 0.433 e. The minimum absolute atomic E-state index is 0.0874. The molecule has 1 atom stereocenters. The van der Waals surface area contributed by atoms with Crippen molar-refractivity contribution in [1.29, 1.82) is 0 Å². The van der Waals surface area contributed by atoms with Crippen molar-refractivity contribution in [2.45, 2.75) is 46.0 Å². The standard InChI is InChI=1S/C26H27F4N3O3S/c1-15-6-5-7-21(16(15)2)24-20(10-11-23(33-24)26(28,29)30)13-31-25(34)17(3)18-8-9-19(22(27)12-18)14-32-37(4,35)36/h5-12,17,32H,13-14H2,1-4H3,(H,31,34). The van der Waals surface area contributed by atoms with Crippen LogP contribution in [0.1, 0.15) is 46.4 Å². The highest BCUT2D eigenvalue weighted by Crippen LogP contribution is 2.33. The van der Waals surface area contributed by atoms with Gasteiger partial charge in [0.15, 0.2) is 0 Å². The number of aromatic nitrogens is 1. The Morgan fingerprint density at radius 1 is 1.03 bits per heavy atom. The van der Waals surface area contributed by atoms with Crippen molar-refractivity contribution >= 4 is 15.9 Å². The fourth-order valence-electron chi connectivity index (χ4n) is 3.70. The second-order valence-corrected chi connectivity index (χ2v) is 10.7. The molecule has 0 saturated heterocycles. The van der Waals surface area contributed by atoms with Gasteiger partial charge in [-0.15, -0.1) is 0 Å². The average Bonchev–Trinajstić information content (AvgIpc) is 2.81. The lowest BCUT2D eigenvalue weighted by Crippen LogP contribution is -2.28. The van der Waals surface area contributed by atoms with Crippen LogP contribution in [0.4, 0.5) is 17.6 Å². The predicted molar refractivity (Wildman–Crippen MR) is 132 cm³/mol. The Hall–Kier alpha value is -3.31. The van der Waals surface area contributed by atoms with E-state index < -0.39 is 39.5 Å². The summed E-state index contributed by atoms with van der Waals surface area (Å²) in [5.41, 5.74) is 2.16. The van der Waals surface area contributed by atoms with Gasteiger partial charge in [-0.2, -0.15) is 13.2 Å². The third kappa shape index (κ3) is 7.14. The maximum Gasteiger partial charge on any atom is 0.433 e. The molecular weight excluding hydrogens is 510 g/mol. The summed E-state index contributed by atoms with van der Waals surface area (Å²) in [6.07, 6.45) is -3.67. The topological polar surface area (TPSA) is 88.2 Å². The molecule has 1 amide bonds. The zero-order valence-corrected chi connectivity index (χ0v) is 21.5. The Bertz CT molecular complexity index is 1420. The molecule has 2 N–H and O–H groups in total. The van der Waals surface area contributed by atoms with Crippen molar-refractivity contribution in [3.05, 3.63) is 87.9 Å². The monoisotopic (exact) mass is 537 g/mol. The molecule has 0 spiro atoms. The Balaban J connectivity index is 1.82. The summed E-state index contributed by atoms with van der Waals surface area (Å²) in [5, 5.41) is 2.70. The number of sulfonamides is 1. The number of nitrogens with one attached hydrogen (secondary N) is 2. The van der Waals surface area contributed by atoms with Gasteiger partial charge in [0.1, 0.15) is 11.5 Å². The van der Waals surface area contributed by atoms with E-state index in [-0.39, 0.29) is 24.3 Å². The molecule has 0 fully saturated rings. The van der Waals surface area contributed by atoms with Gasteiger partial charge in [-0.25, -0.2) is 22.5 Å². The molecular formula is C26H27F4N3O3S. The van der Waals surface area contributed by atoms with Crippen LogP contribution in [-0.4, -0.2) is 25.6 Å². The summed E-state index contributed by atoms with van der Waals surface area (Å²) in [5.74, 6) is -1.91. The Morgan fingerprint density at radius 2 is 1.70 bits per heavy atom. The lowest BCUT2D eigenvalue weighted by molar-refractivity contribution is -0.141. The molecule has 0 bridgehead atoms. The van der Waals surface area contributed by atoms with E-state index in [9.17, 15) is 30.8 Å². The third-order valence-electron chi connectivity index (χ3n) is 6.08. The number of carbonyl (C=O) groups excluding carboxylic acids is 1. The van der Waals surface area contributed by atoms with Gasteiger partial charge in [-0.05, 0) is 55.2 Å². The number of rotatable bonds is 8. The highest BCUT2D eigenvalue weighted by Gasteiger charge is 2.33. The summed E-state index contributed by atoms with van der Waals surface area (Å²) >= 11 is 0. The van der Waals surface area contributed by atoms with Crippen LogP contribution in [0.15, 0.2) is 48.5 Å². The molecule has 1 aromatic heterocycles. The molecule has 1 heterocycles. The predicted octanol–water partition coefficient (Wildman–Crippen LogP) is 4.99. The lowest BCUT2D eigenvalue weighted by Gasteiger charge is -2.17. The molecule has 0 radical (unpaired) electrons. The van der Waals surface area contributed by atoms with Gasteiger partial charge in [-0.1, -0.05) is 36.4 Å². The molecule has 11 heteroatoms. The molecule has 0 aliphatic rings. The van der Waals surface area contributed by atoms with Crippen LogP contribution >= 0.6 is 0 Å². The molecule has 37 heavy (non-hydrogen) atoms. The van der Waals surface area contributed by atoms with E-state index in [1.54, 1.807) is 26.0 Å². The van der Waals surface area contributed by atoms with Crippen LogP contribution in [-0.2, 0) is 34.1 Å². The van der Waals surface area contributed by atoms with Crippen molar-refractivity contribution in [1.82, 2.24) is 15.0 Å². The summed E-state index contributed by atoms with van der Waals surface area (Å²) < 4.78 is 79.3. The molecule has 198 valence electrons. The molecule has 0 saturated carbocycles. The number of hydrogen-bond acceptors (Lipinski definition) is 4. The highest BCUT2D eigenvalue weighted by atomic mass is 32.2. The Labute approximate surface area is 213 Å². The minimum atomic E-state index is -4.63. The van der Waals surface area contributed by atoms with Gasteiger partial charge in [0, 0.05) is 24.2 Å². The molecule has 2 aromatic carbocycles. The van der Waals surface area contributed by atoms with Crippen LogP contribution in [0, 0.1) is 19.7 Å².